The van der Waals surface area contributed by atoms with Gasteiger partial charge in [-0.1, -0.05) is 6.92 Å². The summed E-state index contributed by atoms with van der Waals surface area (Å²) >= 11 is 0. The molecule has 1 N–H and O–H groups in total. The van der Waals surface area contributed by atoms with Crippen LogP contribution in [0.2, 0.25) is 0 Å². The van der Waals surface area contributed by atoms with Crippen LogP contribution in [0.25, 0.3) is 10.9 Å². The van der Waals surface area contributed by atoms with E-state index >= 15 is 0 Å². The number of nitrogens with one attached hydrogen (secondary N) is 1. The number of fused-ring (bicyclic) bond motifs is 1. The van der Waals surface area contributed by atoms with E-state index in [2.05, 4.69) is 10.1 Å². The summed E-state index contributed by atoms with van der Waals surface area (Å²) in [4.78, 5) is 40.5. The summed E-state index contributed by atoms with van der Waals surface area (Å²) in [6.45, 7) is 1.83. The fraction of sp³-hybridized carbons (Fsp3) is 0.400. The lowest BCUT2D eigenvalue weighted by Crippen LogP contribution is -2.36. The third-order valence-corrected chi connectivity index (χ3v) is 7.60. The lowest BCUT2D eigenvalue weighted by molar-refractivity contribution is 0.0602. The number of hydrogen-bond donors (Lipinski definition) is 1. The molecular weight excluding hydrogens is 424 g/mol. The maximum Gasteiger partial charge on any atom is 0.340 e. The SMILES string of the molecule is COC(=O)c1cc(S(=O)(=O)CC2(C)CC2)cc2c(=O)n(Cc3cnn(C)c3)c(=O)[nH]c12. The Morgan fingerprint density at radius 1 is 1.29 bits per heavy atom. The normalized spacial score (nSPS) is 15.2. The van der Waals surface area contributed by atoms with E-state index in [0.717, 1.165) is 30.6 Å². The second-order valence-corrected chi connectivity index (χ2v) is 10.3. The number of carbonyl (C=O) groups is 1. The standard InChI is InChI=1S/C20H22N4O6S/c1-20(4-5-20)11-31(28,29)13-6-14-16(15(7-13)18(26)30-3)22-19(27)24(17(14)25)10-12-8-21-23(2)9-12/h6-9H,4-5,10-11H2,1-3H3,(H,22,27). The van der Waals surface area contributed by atoms with Crippen molar-refractivity contribution in [1.82, 2.24) is 19.3 Å². The highest BCUT2D eigenvalue weighted by Crippen LogP contribution is 2.47. The highest BCUT2D eigenvalue weighted by Gasteiger charge is 2.42. The molecule has 4 rings (SSSR count). The van der Waals surface area contributed by atoms with Crippen molar-refractivity contribution in [3.63, 3.8) is 0 Å². The van der Waals surface area contributed by atoms with E-state index in [9.17, 15) is 22.8 Å². The molecule has 0 amide bonds. The number of aryl methyl sites for hydroxylation is 1. The van der Waals surface area contributed by atoms with Gasteiger partial charge in [-0.15, -0.1) is 0 Å². The number of carbonyl (C=O) groups excluding carboxylic acids is 1. The number of rotatable bonds is 6. The Bertz CT molecular complexity index is 1430. The number of ether oxygens (including phenoxy) is 1. The van der Waals surface area contributed by atoms with E-state index in [-0.39, 0.29) is 39.1 Å². The monoisotopic (exact) mass is 446 g/mol. The predicted molar refractivity (Wildman–Crippen MR) is 112 cm³/mol. The molecule has 1 saturated carbocycles. The van der Waals surface area contributed by atoms with Gasteiger partial charge in [0.25, 0.3) is 5.56 Å². The average Bonchev–Trinajstić information content (AvgIpc) is 3.27. The van der Waals surface area contributed by atoms with Gasteiger partial charge >= 0.3 is 11.7 Å². The number of nitrogens with zero attached hydrogens (tertiary/aromatic N) is 3. The summed E-state index contributed by atoms with van der Waals surface area (Å²) in [7, 11) is -0.921. The number of H-pyrrole nitrogens is 1. The van der Waals surface area contributed by atoms with Crippen LogP contribution >= 0.6 is 0 Å². The van der Waals surface area contributed by atoms with Gasteiger partial charge in [0.05, 0.1) is 47.0 Å². The summed E-state index contributed by atoms with van der Waals surface area (Å²) in [6.07, 6.45) is 4.78. The highest BCUT2D eigenvalue weighted by atomic mass is 32.2. The predicted octanol–water partition coefficient (Wildman–Crippen LogP) is 0.832. The summed E-state index contributed by atoms with van der Waals surface area (Å²) in [6, 6.07) is 2.39. The molecule has 3 aromatic rings. The number of aromatic nitrogens is 4. The van der Waals surface area contributed by atoms with Crippen LogP contribution in [0.5, 0.6) is 0 Å². The molecule has 11 heteroatoms. The molecule has 164 valence electrons. The smallest absolute Gasteiger partial charge is 0.340 e. The lowest BCUT2D eigenvalue weighted by atomic mass is 10.1. The van der Waals surface area contributed by atoms with Gasteiger partial charge in [0.2, 0.25) is 0 Å². The van der Waals surface area contributed by atoms with Crippen molar-refractivity contribution in [2.24, 2.45) is 12.5 Å². The molecule has 2 aromatic heterocycles. The second-order valence-electron chi connectivity index (χ2n) is 8.30. The van der Waals surface area contributed by atoms with Crippen LogP contribution in [0.4, 0.5) is 0 Å². The van der Waals surface area contributed by atoms with E-state index in [0.29, 0.717) is 5.56 Å². The van der Waals surface area contributed by atoms with Crippen molar-refractivity contribution < 1.29 is 17.9 Å². The first-order valence-corrected chi connectivity index (χ1v) is 11.3. The van der Waals surface area contributed by atoms with Crippen molar-refractivity contribution in [2.45, 2.75) is 31.2 Å². The zero-order valence-corrected chi connectivity index (χ0v) is 18.2. The summed E-state index contributed by atoms with van der Waals surface area (Å²) < 4.78 is 33.3. The Morgan fingerprint density at radius 2 is 2.00 bits per heavy atom. The molecule has 1 aromatic carbocycles. The first-order valence-electron chi connectivity index (χ1n) is 9.62. The molecule has 1 aliphatic carbocycles. The minimum atomic E-state index is -3.77. The zero-order valence-electron chi connectivity index (χ0n) is 17.3. The Morgan fingerprint density at radius 3 is 2.58 bits per heavy atom. The molecule has 1 fully saturated rings. The molecule has 10 nitrogen and oxygen atoms in total. The van der Waals surface area contributed by atoms with E-state index in [1.54, 1.807) is 13.2 Å². The molecule has 0 aliphatic heterocycles. The fourth-order valence-electron chi connectivity index (χ4n) is 3.56. The van der Waals surface area contributed by atoms with Gasteiger partial charge in [0, 0.05) is 18.8 Å². The van der Waals surface area contributed by atoms with Gasteiger partial charge in [0.15, 0.2) is 9.84 Å². The van der Waals surface area contributed by atoms with Crippen molar-refractivity contribution in [2.75, 3.05) is 12.9 Å². The van der Waals surface area contributed by atoms with Gasteiger partial charge in [0.1, 0.15) is 0 Å². The molecule has 0 saturated heterocycles. The lowest BCUT2D eigenvalue weighted by Gasteiger charge is -2.13. The van der Waals surface area contributed by atoms with Crippen LogP contribution in [0, 0.1) is 5.41 Å². The van der Waals surface area contributed by atoms with E-state index in [1.165, 1.54) is 16.9 Å². The molecule has 0 spiro atoms. The zero-order chi connectivity index (χ0) is 22.6. The molecule has 0 unspecified atom stereocenters. The Kier molecular flexibility index (Phi) is 4.88. The summed E-state index contributed by atoms with van der Waals surface area (Å²) in [5.41, 5.74) is -1.35. The molecule has 1 aliphatic rings. The van der Waals surface area contributed by atoms with E-state index < -0.39 is 27.1 Å². The summed E-state index contributed by atoms with van der Waals surface area (Å²) in [5, 5.41) is 3.94. The highest BCUT2D eigenvalue weighted by molar-refractivity contribution is 7.91. The Labute approximate surface area is 177 Å². The van der Waals surface area contributed by atoms with Crippen molar-refractivity contribution in [1.29, 1.82) is 0 Å². The fourth-order valence-corrected chi connectivity index (χ4v) is 5.53. The molecular formula is C20H22N4O6S. The van der Waals surface area contributed by atoms with Gasteiger partial charge in [-0.25, -0.2) is 18.0 Å². The topological polar surface area (TPSA) is 133 Å². The number of aromatic amines is 1. The molecule has 0 bridgehead atoms. The van der Waals surface area contributed by atoms with Crippen LogP contribution in [0.15, 0.2) is 39.0 Å². The maximum atomic E-state index is 13.2. The van der Waals surface area contributed by atoms with Gasteiger partial charge in [-0.2, -0.15) is 5.10 Å². The Balaban J connectivity index is 1.94. The van der Waals surface area contributed by atoms with Crippen LogP contribution in [-0.4, -0.2) is 46.6 Å². The van der Waals surface area contributed by atoms with Crippen molar-refractivity contribution in [3.8, 4) is 0 Å². The number of esters is 1. The third kappa shape index (κ3) is 3.92. The number of sulfone groups is 1. The van der Waals surface area contributed by atoms with Crippen molar-refractivity contribution in [3.05, 3.63) is 56.5 Å². The largest absolute Gasteiger partial charge is 0.465 e. The summed E-state index contributed by atoms with van der Waals surface area (Å²) in [5.74, 6) is -0.931. The van der Waals surface area contributed by atoms with E-state index in [1.807, 2.05) is 6.92 Å². The van der Waals surface area contributed by atoms with E-state index in [4.69, 9.17) is 4.74 Å². The third-order valence-electron chi connectivity index (χ3n) is 5.57. The molecule has 0 atom stereocenters. The minimum Gasteiger partial charge on any atom is -0.465 e. The van der Waals surface area contributed by atoms with Crippen LogP contribution in [0.3, 0.4) is 0 Å². The van der Waals surface area contributed by atoms with Crippen LogP contribution < -0.4 is 11.2 Å². The van der Waals surface area contributed by atoms with Crippen LogP contribution in [-0.2, 0) is 28.2 Å². The first kappa shape index (κ1) is 21.0. The molecule has 2 heterocycles. The molecule has 31 heavy (non-hydrogen) atoms. The van der Waals surface area contributed by atoms with Gasteiger partial charge < -0.3 is 9.72 Å². The molecule has 0 radical (unpaired) electrons. The Hall–Kier alpha value is -3.21. The van der Waals surface area contributed by atoms with Crippen LogP contribution in [0.1, 0.15) is 35.7 Å². The number of benzene rings is 1. The van der Waals surface area contributed by atoms with Gasteiger partial charge in [-0.3, -0.25) is 14.0 Å². The number of methoxy groups -OCH3 is 1. The first-order chi connectivity index (χ1) is 14.5. The van der Waals surface area contributed by atoms with Crippen molar-refractivity contribution >= 4 is 26.7 Å². The van der Waals surface area contributed by atoms with Gasteiger partial charge in [-0.05, 0) is 30.4 Å². The minimum absolute atomic E-state index is 0.0547. The maximum absolute atomic E-state index is 13.2. The number of hydrogen-bond acceptors (Lipinski definition) is 7. The second kappa shape index (κ2) is 7.19. The average molecular weight is 446 g/mol. The quantitative estimate of drug-likeness (QED) is 0.555.